The Bertz CT molecular complexity index is 1660. The highest BCUT2D eigenvalue weighted by molar-refractivity contribution is 14.1. The number of amides is 1. The maximum Gasteiger partial charge on any atom is 0.272 e. The minimum absolute atomic E-state index is 0.313. The molecule has 8 heteroatoms. The third-order valence-corrected chi connectivity index (χ3v) is 7.19. The van der Waals surface area contributed by atoms with Crippen LogP contribution in [0.5, 0.6) is 5.75 Å². The topological polar surface area (TPSA) is 63.6 Å². The number of pyridine rings is 1. The average molecular weight is 652 g/mol. The molecule has 38 heavy (non-hydrogen) atoms. The lowest BCUT2D eigenvalue weighted by molar-refractivity contribution is 0.0956. The Kier molecular flexibility index (Phi) is 8.22. The quantitative estimate of drug-likeness (QED) is 0.110. The number of fused-ring (bicyclic) bond motifs is 1. The molecule has 5 aromatic rings. The van der Waals surface area contributed by atoms with Crippen molar-refractivity contribution in [3.8, 4) is 17.0 Å². The highest BCUT2D eigenvalue weighted by atomic mass is 127. The van der Waals surface area contributed by atoms with Gasteiger partial charge in [-0.3, -0.25) is 4.79 Å². The number of carbonyl (C=O) groups is 1. The molecule has 1 aromatic heterocycles. The smallest absolute Gasteiger partial charge is 0.272 e. The first-order valence-corrected chi connectivity index (χ1v) is 13.5. The van der Waals surface area contributed by atoms with Crippen LogP contribution in [0.3, 0.4) is 0 Å². The number of nitrogens with zero attached hydrogens (tertiary/aromatic N) is 2. The summed E-state index contributed by atoms with van der Waals surface area (Å²) in [5.74, 6) is 0.404. The fourth-order valence-corrected chi connectivity index (χ4v) is 5.01. The Morgan fingerprint density at radius 3 is 2.53 bits per heavy atom. The molecule has 0 aliphatic rings. The molecule has 0 spiro atoms. The van der Waals surface area contributed by atoms with E-state index in [1.807, 2.05) is 78.9 Å². The van der Waals surface area contributed by atoms with Crippen molar-refractivity contribution >= 4 is 68.8 Å². The molecule has 0 saturated heterocycles. The van der Waals surface area contributed by atoms with E-state index >= 15 is 0 Å². The average Bonchev–Trinajstić information content (AvgIpc) is 2.93. The number of hydrogen-bond donors (Lipinski definition) is 1. The third kappa shape index (κ3) is 6.15. The lowest BCUT2D eigenvalue weighted by Gasteiger charge is -2.10. The zero-order chi connectivity index (χ0) is 26.5. The summed E-state index contributed by atoms with van der Waals surface area (Å²) in [5.41, 5.74) is 7.23. The van der Waals surface area contributed by atoms with Crippen molar-refractivity contribution in [2.24, 2.45) is 5.10 Å². The molecule has 0 aliphatic carbocycles. The summed E-state index contributed by atoms with van der Waals surface area (Å²) < 4.78 is 6.83. The molecule has 4 aromatic carbocycles. The maximum absolute atomic E-state index is 13.1. The molecule has 0 fully saturated rings. The minimum Gasteiger partial charge on any atom is -0.488 e. The summed E-state index contributed by atoms with van der Waals surface area (Å²) >= 11 is 14.4. The molecule has 0 aliphatic heterocycles. The van der Waals surface area contributed by atoms with Gasteiger partial charge in [0, 0.05) is 26.6 Å². The molecule has 5 rings (SSSR count). The minimum atomic E-state index is -0.313. The number of hydrogen-bond acceptors (Lipinski definition) is 4. The fraction of sp³-hybridized carbons (Fsp3) is 0.0333. The largest absolute Gasteiger partial charge is 0.488 e. The second-order valence-corrected chi connectivity index (χ2v) is 10.4. The van der Waals surface area contributed by atoms with Gasteiger partial charge in [-0.25, -0.2) is 10.4 Å². The van der Waals surface area contributed by atoms with E-state index in [0.717, 1.165) is 42.6 Å². The molecular formula is C30H20Cl2IN3O2. The Hall–Kier alpha value is -3.46. The zero-order valence-corrected chi connectivity index (χ0v) is 23.5. The first-order chi connectivity index (χ1) is 18.5. The van der Waals surface area contributed by atoms with Gasteiger partial charge in [0.2, 0.25) is 0 Å². The van der Waals surface area contributed by atoms with Crippen molar-refractivity contribution in [1.82, 2.24) is 10.4 Å². The number of nitrogens with one attached hydrogen (secondary N) is 1. The number of hydrazone groups is 1. The van der Waals surface area contributed by atoms with Gasteiger partial charge < -0.3 is 4.74 Å². The summed E-state index contributed by atoms with van der Waals surface area (Å²) in [7, 11) is 0. The van der Waals surface area contributed by atoms with Gasteiger partial charge in [0.05, 0.1) is 26.6 Å². The van der Waals surface area contributed by atoms with Crippen LogP contribution in [-0.4, -0.2) is 17.1 Å². The van der Waals surface area contributed by atoms with Crippen LogP contribution in [0, 0.1) is 3.57 Å². The summed E-state index contributed by atoms with van der Waals surface area (Å²) in [6.07, 6.45) is 1.60. The summed E-state index contributed by atoms with van der Waals surface area (Å²) in [6, 6.07) is 30.1. The van der Waals surface area contributed by atoms with Crippen LogP contribution in [0.2, 0.25) is 10.0 Å². The highest BCUT2D eigenvalue weighted by Gasteiger charge is 2.13. The van der Waals surface area contributed by atoms with Crippen molar-refractivity contribution in [1.29, 1.82) is 0 Å². The Morgan fingerprint density at radius 2 is 1.74 bits per heavy atom. The molecule has 0 radical (unpaired) electrons. The molecule has 0 atom stereocenters. The zero-order valence-electron chi connectivity index (χ0n) is 19.9. The Balaban J connectivity index is 1.30. The van der Waals surface area contributed by atoms with Crippen molar-refractivity contribution in [2.45, 2.75) is 6.61 Å². The van der Waals surface area contributed by atoms with E-state index in [0.29, 0.717) is 22.2 Å². The van der Waals surface area contributed by atoms with Crippen molar-refractivity contribution < 1.29 is 9.53 Å². The normalized spacial score (nSPS) is 11.1. The molecule has 0 unspecified atom stereocenters. The summed E-state index contributed by atoms with van der Waals surface area (Å²) in [4.78, 5) is 17.9. The van der Waals surface area contributed by atoms with Gasteiger partial charge in [0.25, 0.3) is 5.91 Å². The van der Waals surface area contributed by atoms with Gasteiger partial charge in [-0.15, -0.1) is 0 Å². The molecule has 188 valence electrons. The van der Waals surface area contributed by atoms with E-state index in [2.05, 4.69) is 33.1 Å². The predicted molar refractivity (Wildman–Crippen MR) is 162 cm³/mol. The molecule has 0 bridgehead atoms. The standard InChI is InChI=1S/C30H20Cl2IN3O2/c31-22-12-11-21(25(32)15-22)18-38-29-13-10-19(14-26(29)33)17-34-36-30(37)24-16-28(20-6-2-1-3-7-20)35-27-9-5-4-8-23(24)27/h1-17H,18H2,(H,36,37)/b34-17+. The van der Waals surface area contributed by atoms with Crippen LogP contribution in [-0.2, 0) is 6.61 Å². The van der Waals surface area contributed by atoms with Gasteiger partial charge in [-0.2, -0.15) is 5.10 Å². The lowest BCUT2D eigenvalue weighted by atomic mass is 10.0. The van der Waals surface area contributed by atoms with Crippen LogP contribution in [0.25, 0.3) is 22.2 Å². The van der Waals surface area contributed by atoms with Crippen LogP contribution >= 0.6 is 45.8 Å². The number of para-hydroxylation sites is 1. The van der Waals surface area contributed by atoms with Crippen molar-refractivity contribution in [3.05, 3.63) is 127 Å². The van der Waals surface area contributed by atoms with E-state index in [1.54, 1.807) is 24.4 Å². The number of halogens is 3. The van der Waals surface area contributed by atoms with Gasteiger partial charge in [-0.1, -0.05) is 77.8 Å². The van der Waals surface area contributed by atoms with Crippen LogP contribution in [0.1, 0.15) is 21.5 Å². The van der Waals surface area contributed by atoms with Gasteiger partial charge in [0.1, 0.15) is 12.4 Å². The number of benzene rings is 4. The van der Waals surface area contributed by atoms with Crippen molar-refractivity contribution in [3.63, 3.8) is 0 Å². The first-order valence-electron chi connectivity index (χ1n) is 11.6. The number of rotatable bonds is 7. The van der Waals surface area contributed by atoms with E-state index in [9.17, 15) is 4.79 Å². The van der Waals surface area contributed by atoms with Crippen LogP contribution in [0.4, 0.5) is 0 Å². The Morgan fingerprint density at radius 1 is 0.947 bits per heavy atom. The second kappa shape index (κ2) is 11.9. The number of carbonyl (C=O) groups excluding carboxylic acids is 1. The number of ether oxygens (including phenoxy) is 1. The summed E-state index contributed by atoms with van der Waals surface area (Å²) in [6.45, 7) is 0.320. The maximum atomic E-state index is 13.1. The molecule has 0 saturated carbocycles. The second-order valence-electron chi connectivity index (χ2n) is 8.35. The van der Waals surface area contributed by atoms with Gasteiger partial charge >= 0.3 is 0 Å². The molecule has 5 nitrogen and oxygen atoms in total. The highest BCUT2D eigenvalue weighted by Crippen LogP contribution is 2.27. The van der Waals surface area contributed by atoms with Gasteiger partial charge in [0.15, 0.2) is 0 Å². The first kappa shape index (κ1) is 26.2. The fourth-order valence-electron chi connectivity index (χ4n) is 3.85. The van der Waals surface area contributed by atoms with E-state index in [4.69, 9.17) is 32.9 Å². The third-order valence-electron chi connectivity index (χ3n) is 5.76. The molecule has 1 amide bonds. The van der Waals surface area contributed by atoms with E-state index in [-0.39, 0.29) is 5.91 Å². The van der Waals surface area contributed by atoms with E-state index in [1.165, 1.54) is 0 Å². The summed E-state index contributed by atoms with van der Waals surface area (Å²) in [5, 5.41) is 6.09. The molecule has 1 N–H and O–H groups in total. The number of aromatic nitrogens is 1. The predicted octanol–water partition coefficient (Wildman–Crippen LogP) is 8.16. The monoisotopic (exact) mass is 651 g/mol. The van der Waals surface area contributed by atoms with Gasteiger partial charge in [-0.05, 0) is 70.6 Å². The van der Waals surface area contributed by atoms with Crippen molar-refractivity contribution in [2.75, 3.05) is 0 Å². The SMILES string of the molecule is O=C(N/N=C/c1ccc(OCc2ccc(Cl)cc2Cl)c(I)c1)c1cc(-c2ccccc2)nc2ccccc12. The molecule has 1 heterocycles. The molecular weight excluding hydrogens is 632 g/mol. The Labute approximate surface area is 243 Å². The van der Waals surface area contributed by atoms with Crippen LogP contribution < -0.4 is 10.2 Å². The van der Waals surface area contributed by atoms with E-state index < -0.39 is 0 Å². The lowest BCUT2D eigenvalue weighted by Crippen LogP contribution is -2.18. The van der Waals surface area contributed by atoms with Crippen LogP contribution in [0.15, 0.2) is 102 Å².